The zero-order chi connectivity index (χ0) is 26.3. The monoisotopic (exact) mass is 510 g/mol. The number of halogens is 1. The molecule has 0 unspecified atom stereocenters. The van der Waals surface area contributed by atoms with Gasteiger partial charge in [0, 0.05) is 10.4 Å². The van der Waals surface area contributed by atoms with E-state index in [0.717, 1.165) is 23.5 Å². The summed E-state index contributed by atoms with van der Waals surface area (Å²) in [5.74, 6) is -7.21. The van der Waals surface area contributed by atoms with E-state index >= 15 is 0 Å². The predicted octanol–water partition coefficient (Wildman–Crippen LogP) is 0.915. The molecule has 1 aromatic carbocycles. The Kier molecular flexibility index (Phi) is 8.82. The summed E-state index contributed by atoms with van der Waals surface area (Å²) in [6.45, 7) is -1.21. The molecular weight excluding hydrogens is 491 g/mol. The van der Waals surface area contributed by atoms with Gasteiger partial charge >= 0.3 is 29.9 Å². The van der Waals surface area contributed by atoms with E-state index in [1.807, 2.05) is 5.32 Å². The SMILES string of the molecule is N=C(N)c1ccc(OC(=O)c2ccc(CN(CC(=O)O)C(=O)N[C@@H](CC(=O)O)C(=O)O)s2)c(F)c1. The minimum absolute atomic E-state index is 0.0139. The molecule has 7 N–H and O–H groups in total. The third kappa shape index (κ3) is 7.78. The highest BCUT2D eigenvalue weighted by molar-refractivity contribution is 7.13. The van der Waals surface area contributed by atoms with Crippen molar-refractivity contribution in [1.29, 1.82) is 5.41 Å². The van der Waals surface area contributed by atoms with Crippen LogP contribution in [0, 0.1) is 11.2 Å². The van der Waals surface area contributed by atoms with E-state index < -0.39 is 60.5 Å². The molecule has 2 rings (SSSR count). The Morgan fingerprint density at radius 1 is 1.11 bits per heavy atom. The van der Waals surface area contributed by atoms with E-state index in [9.17, 15) is 28.4 Å². The normalized spacial score (nSPS) is 11.2. The molecule has 0 fully saturated rings. The number of hydrogen-bond acceptors (Lipinski definition) is 8. The largest absolute Gasteiger partial charge is 0.481 e. The van der Waals surface area contributed by atoms with Crippen molar-refractivity contribution >= 4 is 47.1 Å². The van der Waals surface area contributed by atoms with Gasteiger partial charge in [0.1, 0.15) is 23.3 Å². The number of carboxylic acid groups (broad SMARTS) is 3. The molecule has 2 aromatic rings. The van der Waals surface area contributed by atoms with E-state index in [2.05, 4.69) is 0 Å². The third-order valence-electron chi connectivity index (χ3n) is 4.24. The first-order valence-electron chi connectivity index (χ1n) is 9.54. The van der Waals surface area contributed by atoms with Crippen molar-refractivity contribution in [2.24, 2.45) is 5.73 Å². The number of esters is 1. The average Bonchev–Trinajstić information content (AvgIpc) is 3.22. The first-order valence-corrected chi connectivity index (χ1v) is 10.4. The summed E-state index contributed by atoms with van der Waals surface area (Å²) < 4.78 is 19.1. The molecule has 0 spiro atoms. The lowest BCUT2D eigenvalue weighted by Gasteiger charge is -2.22. The number of hydrogen-bond donors (Lipinski definition) is 6. The van der Waals surface area contributed by atoms with Crippen LogP contribution in [-0.4, -0.2) is 68.6 Å². The Labute approximate surface area is 200 Å². The van der Waals surface area contributed by atoms with Gasteiger partial charge in [0.25, 0.3) is 0 Å². The van der Waals surface area contributed by atoms with Crippen molar-refractivity contribution in [2.45, 2.75) is 19.0 Å². The van der Waals surface area contributed by atoms with Crippen LogP contribution in [0.3, 0.4) is 0 Å². The highest BCUT2D eigenvalue weighted by Crippen LogP contribution is 2.23. The molecule has 0 saturated carbocycles. The number of amidine groups is 1. The van der Waals surface area contributed by atoms with E-state index in [1.54, 1.807) is 0 Å². The summed E-state index contributed by atoms with van der Waals surface area (Å²) in [5.41, 5.74) is 5.36. The lowest BCUT2D eigenvalue weighted by molar-refractivity contribution is -0.145. The van der Waals surface area contributed by atoms with Crippen molar-refractivity contribution in [3.63, 3.8) is 0 Å². The van der Waals surface area contributed by atoms with Gasteiger partial charge in [-0.25, -0.2) is 18.8 Å². The summed E-state index contributed by atoms with van der Waals surface area (Å²) in [5, 5.41) is 36.1. The highest BCUT2D eigenvalue weighted by Gasteiger charge is 2.27. The molecule has 0 saturated heterocycles. The summed E-state index contributed by atoms with van der Waals surface area (Å²) >= 11 is 0.807. The number of nitrogens with one attached hydrogen (secondary N) is 2. The molecule has 35 heavy (non-hydrogen) atoms. The Balaban J connectivity index is 2.13. The number of carboxylic acids is 3. The summed E-state index contributed by atoms with van der Waals surface area (Å²) in [6.07, 6.45) is -0.930. The van der Waals surface area contributed by atoms with Crippen LogP contribution in [0.25, 0.3) is 0 Å². The Morgan fingerprint density at radius 3 is 2.34 bits per heavy atom. The number of nitrogens with zero attached hydrogens (tertiary/aromatic N) is 1. The average molecular weight is 510 g/mol. The minimum Gasteiger partial charge on any atom is -0.481 e. The topological polar surface area (TPSA) is 220 Å². The molecule has 186 valence electrons. The second kappa shape index (κ2) is 11.6. The van der Waals surface area contributed by atoms with Crippen molar-refractivity contribution < 1.29 is 48.4 Å². The lowest BCUT2D eigenvalue weighted by atomic mass is 10.2. The van der Waals surface area contributed by atoms with Crippen LogP contribution in [0.5, 0.6) is 5.75 Å². The van der Waals surface area contributed by atoms with E-state index in [0.29, 0.717) is 9.78 Å². The van der Waals surface area contributed by atoms with Crippen LogP contribution in [-0.2, 0) is 20.9 Å². The number of benzene rings is 1. The van der Waals surface area contributed by atoms with Crippen molar-refractivity contribution in [2.75, 3.05) is 6.54 Å². The lowest BCUT2D eigenvalue weighted by Crippen LogP contribution is -2.49. The van der Waals surface area contributed by atoms with Crippen LogP contribution in [0.4, 0.5) is 9.18 Å². The number of rotatable bonds is 11. The molecule has 1 aromatic heterocycles. The number of carbonyl (C=O) groups is 5. The van der Waals surface area contributed by atoms with Crippen LogP contribution in [0.15, 0.2) is 30.3 Å². The van der Waals surface area contributed by atoms with E-state index in [-0.39, 0.29) is 22.8 Å². The zero-order valence-electron chi connectivity index (χ0n) is 17.7. The molecule has 0 aliphatic heterocycles. The van der Waals surface area contributed by atoms with Crippen molar-refractivity contribution in [1.82, 2.24) is 10.2 Å². The number of thiophene rings is 1. The fourth-order valence-electron chi connectivity index (χ4n) is 2.64. The van der Waals surface area contributed by atoms with E-state index in [1.165, 1.54) is 18.2 Å². The molecule has 2 amide bonds. The number of ether oxygens (including phenoxy) is 1. The fraction of sp³-hybridized carbons (Fsp3) is 0.200. The minimum atomic E-state index is -1.80. The zero-order valence-corrected chi connectivity index (χ0v) is 18.5. The second-order valence-electron chi connectivity index (χ2n) is 6.90. The quantitative estimate of drug-likeness (QED) is 0.109. The Morgan fingerprint density at radius 2 is 1.80 bits per heavy atom. The smallest absolute Gasteiger partial charge is 0.353 e. The molecule has 0 aliphatic rings. The molecule has 1 heterocycles. The summed E-state index contributed by atoms with van der Waals surface area (Å²) in [7, 11) is 0. The summed E-state index contributed by atoms with van der Waals surface area (Å²) in [4.78, 5) is 58.9. The summed E-state index contributed by atoms with van der Waals surface area (Å²) in [6, 6.07) is 3.05. The van der Waals surface area contributed by atoms with Gasteiger partial charge in [-0.1, -0.05) is 0 Å². The van der Waals surface area contributed by atoms with Gasteiger partial charge in [-0.2, -0.15) is 0 Å². The molecular formula is C20H19FN4O9S. The fourth-order valence-corrected chi connectivity index (χ4v) is 3.54. The third-order valence-corrected chi connectivity index (χ3v) is 5.29. The standard InChI is InChI=1S/C20H19FN4O9S/c21-11-5-9(17(22)23)1-3-13(11)34-19(32)14-4-2-10(35-14)7-25(8-16(28)29)20(33)24-12(18(30)31)6-15(26)27/h1-5,12H,6-8H2,(H3,22,23)(H,24,33)(H,26,27)(H,28,29)(H,30,31)/t12-/m0/s1. The molecule has 15 heteroatoms. The van der Waals surface area contributed by atoms with Gasteiger partial charge < -0.3 is 36.0 Å². The van der Waals surface area contributed by atoms with Crippen LogP contribution in [0.1, 0.15) is 26.5 Å². The number of nitrogens with two attached hydrogens (primary N) is 1. The van der Waals surface area contributed by atoms with Crippen molar-refractivity contribution in [3.8, 4) is 5.75 Å². The predicted molar refractivity (Wildman–Crippen MR) is 117 cm³/mol. The van der Waals surface area contributed by atoms with Gasteiger partial charge in [0.2, 0.25) is 0 Å². The van der Waals surface area contributed by atoms with Crippen LogP contribution in [0.2, 0.25) is 0 Å². The van der Waals surface area contributed by atoms with Crippen LogP contribution < -0.4 is 15.8 Å². The molecule has 0 bridgehead atoms. The molecule has 0 radical (unpaired) electrons. The number of aliphatic carboxylic acids is 3. The maximum atomic E-state index is 14.1. The second-order valence-corrected chi connectivity index (χ2v) is 8.07. The van der Waals surface area contributed by atoms with Gasteiger partial charge in [-0.15, -0.1) is 11.3 Å². The van der Waals surface area contributed by atoms with Crippen molar-refractivity contribution in [3.05, 3.63) is 51.5 Å². The maximum absolute atomic E-state index is 14.1. The van der Waals surface area contributed by atoms with E-state index in [4.69, 9.17) is 31.2 Å². The molecule has 0 aliphatic carbocycles. The number of urea groups is 1. The molecule has 1 atom stereocenters. The number of amides is 2. The highest BCUT2D eigenvalue weighted by atomic mass is 32.1. The Bertz CT molecular complexity index is 1180. The number of nitrogen functional groups attached to an aromatic ring is 1. The van der Waals surface area contributed by atoms with Gasteiger partial charge in [-0.3, -0.25) is 15.0 Å². The molecule has 13 nitrogen and oxygen atoms in total. The van der Waals surface area contributed by atoms with Gasteiger partial charge in [-0.05, 0) is 30.3 Å². The van der Waals surface area contributed by atoms with Gasteiger partial charge in [0.15, 0.2) is 11.6 Å². The van der Waals surface area contributed by atoms with Crippen LogP contribution >= 0.6 is 11.3 Å². The maximum Gasteiger partial charge on any atom is 0.353 e. The first kappa shape index (κ1) is 26.7. The van der Waals surface area contributed by atoms with Gasteiger partial charge in [0.05, 0.1) is 13.0 Å². The first-order chi connectivity index (χ1) is 16.4. The number of carbonyl (C=O) groups excluding carboxylic acids is 2. The Hall–Kier alpha value is -4.53.